The molecule has 0 aromatic heterocycles. The SMILES string of the molecule is COC1CC(CC=O)C(OC)O1. The van der Waals surface area contributed by atoms with Crippen LogP contribution in [0.1, 0.15) is 12.8 Å². The Bertz CT molecular complexity index is 148. The van der Waals surface area contributed by atoms with Crippen LogP contribution in [0.25, 0.3) is 0 Å². The van der Waals surface area contributed by atoms with Gasteiger partial charge in [-0.05, 0) is 0 Å². The third-order valence-electron chi connectivity index (χ3n) is 2.06. The van der Waals surface area contributed by atoms with Gasteiger partial charge in [0.25, 0.3) is 0 Å². The van der Waals surface area contributed by atoms with Crippen molar-refractivity contribution in [3.8, 4) is 0 Å². The average molecular weight is 174 g/mol. The van der Waals surface area contributed by atoms with E-state index in [9.17, 15) is 4.79 Å². The molecule has 0 saturated carbocycles. The number of hydrogen-bond acceptors (Lipinski definition) is 4. The minimum absolute atomic E-state index is 0.137. The summed E-state index contributed by atoms with van der Waals surface area (Å²) in [7, 11) is 3.15. The summed E-state index contributed by atoms with van der Waals surface area (Å²) in [6, 6.07) is 0. The van der Waals surface area contributed by atoms with Gasteiger partial charge in [-0.1, -0.05) is 0 Å². The molecule has 4 heteroatoms. The Morgan fingerprint density at radius 2 is 2.25 bits per heavy atom. The van der Waals surface area contributed by atoms with Crippen molar-refractivity contribution >= 4 is 6.29 Å². The van der Waals surface area contributed by atoms with Crippen molar-refractivity contribution in [2.24, 2.45) is 5.92 Å². The molecule has 3 unspecified atom stereocenters. The third-order valence-corrected chi connectivity index (χ3v) is 2.06. The fraction of sp³-hybridized carbons (Fsp3) is 0.875. The first kappa shape index (κ1) is 9.64. The van der Waals surface area contributed by atoms with Crippen LogP contribution < -0.4 is 0 Å². The lowest BCUT2D eigenvalue weighted by molar-refractivity contribution is -0.193. The number of carbonyl (C=O) groups is 1. The standard InChI is InChI=1S/C8H14O4/c1-10-7-5-6(3-4-9)8(11-2)12-7/h4,6-8H,3,5H2,1-2H3. The maximum absolute atomic E-state index is 10.3. The fourth-order valence-electron chi connectivity index (χ4n) is 1.41. The van der Waals surface area contributed by atoms with Gasteiger partial charge < -0.3 is 19.0 Å². The summed E-state index contributed by atoms with van der Waals surface area (Å²) in [6.07, 6.45) is 1.57. The summed E-state index contributed by atoms with van der Waals surface area (Å²) in [5, 5.41) is 0. The molecule has 12 heavy (non-hydrogen) atoms. The first-order valence-electron chi connectivity index (χ1n) is 3.96. The predicted molar refractivity (Wildman–Crippen MR) is 41.5 cm³/mol. The second-order valence-electron chi connectivity index (χ2n) is 2.80. The average Bonchev–Trinajstić information content (AvgIpc) is 2.48. The van der Waals surface area contributed by atoms with Crippen molar-refractivity contribution in [3.63, 3.8) is 0 Å². The van der Waals surface area contributed by atoms with E-state index >= 15 is 0 Å². The summed E-state index contributed by atoms with van der Waals surface area (Å²) >= 11 is 0. The minimum Gasteiger partial charge on any atom is -0.356 e. The highest BCUT2D eigenvalue weighted by atomic mass is 16.8. The van der Waals surface area contributed by atoms with Gasteiger partial charge in [-0.25, -0.2) is 0 Å². The second kappa shape index (κ2) is 4.54. The highest BCUT2D eigenvalue weighted by Crippen LogP contribution is 2.28. The number of carbonyl (C=O) groups excluding carboxylic acids is 1. The molecular weight excluding hydrogens is 160 g/mol. The van der Waals surface area contributed by atoms with Gasteiger partial charge in [0.15, 0.2) is 12.6 Å². The topological polar surface area (TPSA) is 44.8 Å². The van der Waals surface area contributed by atoms with E-state index < -0.39 is 0 Å². The second-order valence-corrected chi connectivity index (χ2v) is 2.80. The van der Waals surface area contributed by atoms with Gasteiger partial charge in [0.05, 0.1) is 0 Å². The Balaban J connectivity index is 2.44. The lowest BCUT2D eigenvalue weighted by Gasteiger charge is -2.13. The molecule has 4 nitrogen and oxygen atoms in total. The summed E-state index contributed by atoms with van der Waals surface area (Å²) < 4.78 is 15.4. The normalized spacial score (nSPS) is 35.3. The summed E-state index contributed by atoms with van der Waals surface area (Å²) in [6.45, 7) is 0. The Labute approximate surface area is 71.8 Å². The fourth-order valence-corrected chi connectivity index (χ4v) is 1.41. The number of hydrogen-bond donors (Lipinski definition) is 0. The monoisotopic (exact) mass is 174 g/mol. The van der Waals surface area contributed by atoms with Crippen LogP contribution >= 0.6 is 0 Å². The predicted octanol–water partition coefficient (Wildman–Crippen LogP) is 0.557. The molecule has 0 aromatic rings. The van der Waals surface area contributed by atoms with Crippen molar-refractivity contribution in [2.75, 3.05) is 14.2 Å². The van der Waals surface area contributed by atoms with E-state index in [1.165, 1.54) is 0 Å². The molecule has 0 bridgehead atoms. The summed E-state index contributed by atoms with van der Waals surface area (Å²) in [5.41, 5.74) is 0. The Morgan fingerprint density at radius 1 is 1.50 bits per heavy atom. The van der Waals surface area contributed by atoms with Crippen molar-refractivity contribution in [1.82, 2.24) is 0 Å². The molecule has 1 saturated heterocycles. The van der Waals surface area contributed by atoms with E-state index in [0.717, 1.165) is 12.7 Å². The van der Waals surface area contributed by atoms with Crippen LogP contribution in [-0.2, 0) is 19.0 Å². The van der Waals surface area contributed by atoms with Crippen molar-refractivity contribution < 1.29 is 19.0 Å². The molecular formula is C8H14O4. The van der Waals surface area contributed by atoms with E-state index in [1.54, 1.807) is 14.2 Å². The highest BCUT2D eigenvalue weighted by molar-refractivity contribution is 5.49. The van der Waals surface area contributed by atoms with Gasteiger partial charge in [-0.15, -0.1) is 0 Å². The number of rotatable bonds is 4. The molecule has 1 aliphatic rings. The molecule has 70 valence electrons. The molecule has 0 amide bonds. The summed E-state index contributed by atoms with van der Waals surface area (Å²) in [4.78, 5) is 10.3. The Kier molecular flexibility index (Phi) is 3.65. The number of aldehydes is 1. The van der Waals surface area contributed by atoms with Gasteiger partial charge in [0, 0.05) is 33.0 Å². The lowest BCUT2D eigenvalue weighted by atomic mass is 10.0. The maximum atomic E-state index is 10.3. The zero-order chi connectivity index (χ0) is 8.97. The molecule has 1 fully saturated rings. The van der Waals surface area contributed by atoms with Crippen LogP contribution in [0.15, 0.2) is 0 Å². The Morgan fingerprint density at radius 3 is 2.75 bits per heavy atom. The van der Waals surface area contributed by atoms with Crippen LogP contribution in [0.5, 0.6) is 0 Å². The van der Waals surface area contributed by atoms with Gasteiger partial charge in [-0.2, -0.15) is 0 Å². The molecule has 0 radical (unpaired) electrons. The van der Waals surface area contributed by atoms with Gasteiger partial charge in [0.1, 0.15) is 6.29 Å². The van der Waals surface area contributed by atoms with E-state index in [0.29, 0.717) is 6.42 Å². The smallest absolute Gasteiger partial charge is 0.163 e. The zero-order valence-electron chi connectivity index (χ0n) is 7.36. The van der Waals surface area contributed by atoms with Crippen LogP contribution in [0, 0.1) is 5.92 Å². The van der Waals surface area contributed by atoms with E-state index in [-0.39, 0.29) is 18.5 Å². The van der Waals surface area contributed by atoms with Crippen LogP contribution in [0.2, 0.25) is 0 Å². The molecule has 0 spiro atoms. The molecule has 0 N–H and O–H groups in total. The van der Waals surface area contributed by atoms with E-state index in [2.05, 4.69) is 0 Å². The summed E-state index contributed by atoms with van der Waals surface area (Å²) in [5.74, 6) is 0.137. The molecule has 1 rings (SSSR count). The Hall–Kier alpha value is -0.450. The van der Waals surface area contributed by atoms with Crippen LogP contribution in [0.4, 0.5) is 0 Å². The largest absolute Gasteiger partial charge is 0.356 e. The first-order chi connectivity index (χ1) is 5.81. The van der Waals surface area contributed by atoms with Gasteiger partial charge in [-0.3, -0.25) is 0 Å². The van der Waals surface area contributed by atoms with Gasteiger partial charge >= 0.3 is 0 Å². The van der Waals surface area contributed by atoms with Crippen LogP contribution in [0.3, 0.4) is 0 Å². The molecule has 1 aliphatic heterocycles. The number of ether oxygens (including phenoxy) is 3. The van der Waals surface area contributed by atoms with Crippen molar-refractivity contribution in [1.29, 1.82) is 0 Å². The molecule has 0 aromatic carbocycles. The lowest BCUT2D eigenvalue weighted by Crippen LogP contribution is -2.18. The molecule has 1 heterocycles. The minimum atomic E-state index is -0.292. The maximum Gasteiger partial charge on any atom is 0.163 e. The molecule has 0 aliphatic carbocycles. The zero-order valence-corrected chi connectivity index (χ0v) is 7.36. The number of methoxy groups -OCH3 is 2. The highest BCUT2D eigenvalue weighted by Gasteiger charge is 2.34. The van der Waals surface area contributed by atoms with E-state index in [1.807, 2.05) is 0 Å². The van der Waals surface area contributed by atoms with Crippen molar-refractivity contribution in [2.45, 2.75) is 25.4 Å². The first-order valence-corrected chi connectivity index (χ1v) is 3.96. The van der Waals surface area contributed by atoms with Crippen molar-refractivity contribution in [3.05, 3.63) is 0 Å². The van der Waals surface area contributed by atoms with Gasteiger partial charge in [0.2, 0.25) is 0 Å². The van der Waals surface area contributed by atoms with Crippen LogP contribution in [-0.4, -0.2) is 33.1 Å². The quantitative estimate of drug-likeness (QED) is 0.584. The van der Waals surface area contributed by atoms with E-state index in [4.69, 9.17) is 14.2 Å². The third kappa shape index (κ3) is 2.03. The molecule has 3 atom stereocenters.